The summed E-state index contributed by atoms with van der Waals surface area (Å²) in [6.07, 6.45) is 27.6. The number of halogens is 2. The minimum Gasteiger partial charge on any atom is -0.493 e. The van der Waals surface area contributed by atoms with Gasteiger partial charge in [0.15, 0.2) is 0 Å². The number of ether oxygens (including phenoxy) is 8. The van der Waals surface area contributed by atoms with E-state index in [0.29, 0.717) is 123 Å². The van der Waals surface area contributed by atoms with Crippen molar-refractivity contribution in [2.45, 2.75) is 293 Å². The van der Waals surface area contributed by atoms with Crippen LogP contribution in [-0.4, -0.2) is 238 Å². The van der Waals surface area contributed by atoms with Crippen LogP contribution in [0.3, 0.4) is 0 Å². The van der Waals surface area contributed by atoms with Crippen molar-refractivity contribution in [3.8, 4) is 23.0 Å². The van der Waals surface area contributed by atoms with Crippen LogP contribution in [0.15, 0.2) is 146 Å². The molecular weight excluding hydrogens is 1780 g/mol. The van der Waals surface area contributed by atoms with Gasteiger partial charge < -0.3 is 69.0 Å². The van der Waals surface area contributed by atoms with Crippen molar-refractivity contribution in [1.29, 1.82) is 0 Å². The Hall–Kier alpha value is -10.3. The summed E-state index contributed by atoms with van der Waals surface area (Å²) in [4.78, 5) is 75.5. The quantitative estimate of drug-likeness (QED) is 0.0193. The van der Waals surface area contributed by atoms with Crippen molar-refractivity contribution in [3.05, 3.63) is 224 Å². The van der Waals surface area contributed by atoms with Crippen LogP contribution in [0.25, 0.3) is 0 Å². The van der Waals surface area contributed by atoms with E-state index >= 15 is 0 Å². The number of benzene rings is 4. The fourth-order valence-corrected chi connectivity index (χ4v) is 20.2. The molecule has 10 atom stereocenters. The molecular formula is C112H148F2N10O16. The molecule has 2 saturated carbocycles. The first kappa shape index (κ1) is 104. The Labute approximate surface area is 825 Å². The minimum absolute atomic E-state index is 0.0401. The lowest BCUT2D eigenvalue weighted by molar-refractivity contribution is -0.144. The maximum Gasteiger partial charge on any atom is 0.325 e. The van der Waals surface area contributed by atoms with E-state index in [-0.39, 0.29) is 50.6 Å². The number of aliphatic carboxylic acids is 4. The topological polar surface area (TPSA) is 312 Å². The lowest BCUT2D eigenvalue weighted by atomic mass is 9.95. The van der Waals surface area contributed by atoms with Gasteiger partial charge in [0.05, 0.1) is 37.6 Å². The number of carboxylic acid groups (broad SMARTS) is 4. The molecule has 10 heterocycles. The zero-order chi connectivity index (χ0) is 97.6. The number of alkyl halides is 2. The van der Waals surface area contributed by atoms with Gasteiger partial charge in [-0.05, 0) is 275 Å². The van der Waals surface area contributed by atoms with E-state index in [0.717, 1.165) is 202 Å². The van der Waals surface area contributed by atoms with Crippen LogP contribution in [0.1, 0.15) is 259 Å². The molecule has 4 aromatic carbocycles. The van der Waals surface area contributed by atoms with E-state index < -0.39 is 72.6 Å². The molecule has 140 heavy (non-hydrogen) atoms. The van der Waals surface area contributed by atoms with E-state index in [4.69, 9.17) is 57.8 Å². The Morgan fingerprint density at radius 2 is 0.671 bits per heavy atom. The monoisotopic (exact) mass is 1930 g/mol. The van der Waals surface area contributed by atoms with E-state index in [2.05, 4.69) is 86.9 Å². The van der Waals surface area contributed by atoms with Crippen LogP contribution in [0.2, 0.25) is 0 Å². The van der Waals surface area contributed by atoms with Crippen molar-refractivity contribution in [2.75, 3.05) is 116 Å². The Morgan fingerprint density at radius 3 is 1.04 bits per heavy atom. The molecule has 26 nitrogen and oxygen atoms in total. The van der Waals surface area contributed by atoms with Gasteiger partial charge in [0.1, 0.15) is 83.4 Å². The first-order chi connectivity index (χ1) is 68.2. The number of aryl methyl sites for hydroxylation is 10. The van der Waals surface area contributed by atoms with Gasteiger partial charge in [-0.2, -0.15) is 0 Å². The Balaban J connectivity index is 0.000000141. The molecule has 0 bridgehead atoms. The van der Waals surface area contributed by atoms with Crippen LogP contribution in [0.5, 0.6) is 23.0 Å². The second-order valence-corrected chi connectivity index (χ2v) is 40.2. The fraction of sp³-hybridized carbons (Fsp3) is 0.571. The average molecular weight is 1930 g/mol. The summed E-state index contributed by atoms with van der Waals surface area (Å²) >= 11 is 0. The Morgan fingerprint density at radius 1 is 0.350 bits per heavy atom. The van der Waals surface area contributed by atoms with Gasteiger partial charge in [-0.15, -0.1) is 0 Å². The predicted molar refractivity (Wildman–Crippen MR) is 535 cm³/mol. The third-order valence-corrected chi connectivity index (χ3v) is 27.9. The molecule has 0 unspecified atom stereocenters. The van der Waals surface area contributed by atoms with Gasteiger partial charge in [-0.1, -0.05) is 125 Å². The lowest BCUT2D eigenvalue weighted by Crippen LogP contribution is -2.34. The molecule has 4 aliphatic carbocycles. The van der Waals surface area contributed by atoms with E-state index in [9.17, 15) is 48.4 Å². The minimum atomic E-state index is -1.21. The number of unbranched alkanes of at least 4 members (excludes halogenated alkanes) is 4. The fourth-order valence-electron chi connectivity index (χ4n) is 20.2. The highest BCUT2D eigenvalue weighted by Gasteiger charge is 2.45. The number of likely N-dealkylation sites (tertiary alicyclic amines) is 4. The number of pyridine rings is 4. The first-order valence-electron chi connectivity index (χ1n) is 52.2. The van der Waals surface area contributed by atoms with Crippen LogP contribution >= 0.6 is 0 Å². The largest absolute Gasteiger partial charge is 0.493 e. The molecule has 8 aromatic rings. The number of nitrogens with zero attached hydrogens (tertiary/aromatic N) is 8. The van der Waals surface area contributed by atoms with Gasteiger partial charge in [-0.3, -0.25) is 48.7 Å². The van der Waals surface area contributed by atoms with Crippen molar-refractivity contribution in [3.63, 3.8) is 0 Å². The molecule has 0 radical (unpaired) electrons. The zero-order valence-corrected chi connectivity index (χ0v) is 82.5. The van der Waals surface area contributed by atoms with Crippen LogP contribution in [0.4, 0.5) is 20.4 Å². The lowest BCUT2D eigenvalue weighted by Gasteiger charge is -2.26. The van der Waals surface area contributed by atoms with Gasteiger partial charge in [-0.25, -0.2) is 18.7 Å². The molecule has 0 spiro atoms. The number of hydrogen-bond acceptors (Lipinski definition) is 22. The van der Waals surface area contributed by atoms with Gasteiger partial charge in [0.2, 0.25) is 0 Å². The van der Waals surface area contributed by atoms with Gasteiger partial charge in [0, 0.05) is 148 Å². The Bertz CT molecular complexity index is 4980. The third kappa shape index (κ3) is 30.4. The SMILES string of the molecule is CC(C)COc1ccccc1[C@@H](C(=O)O)N1CC[C@@H](OCCCCc2ccc3c(n2)NCCC3)C1.CC(C)COc1ccccc1[C@H](C(=O)O)N1CC[C@@H](OCCCCc2ccc3c(n2)NCCC3)C1.O=C(O)[C@@H](c1ccccc1OC1CC1)N1C[C@@H](F)[C@@H](OCCCCc2ccc3c(n2)CCCC3)C1.O=C(O)[C@H](c1ccccc1OC1CC1)N1C[C@@H](F)[C@@H](OCCCCc2ccc3c(n2)CCCC3)C1. The number of anilines is 2. The highest BCUT2D eigenvalue weighted by molar-refractivity contribution is 5.79. The second-order valence-electron chi connectivity index (χ2n) is 40.2. The molecule has 4 aromatic heterocycles. The standard InChI is InChI=1S/2C28H35FN2O4.2C28H39N3O4/c2*29-23-17-31(27(28(32)33)22-9-2-4-11-25(22)35-21-14-15-21)18-26(23)34-16-6-5-8-20-13-12-19-7-1-3-10-24(19)30-20;2*1-20(2)19-35-25-11-4-3-10-24(25)26(28(32)33)31-16-14-23(18-31)34-17-6-5-9-22-13-12-21-8-7-15-29-27(21)30-22/h2*2,4,9,11-13,21,23,26-27H,1,3,5-8,10,14-18H2,(H,32,33);2*3-4,10-13,20,23,26H,5-9,14-19H2,1-2H3,(H,29,30)(H,32,33)/t23-,26+,27+;23-,26+,27-;23-,26+;23-,26-/m1111/s1. The molecule has 10 aliphatic rings. The Kier molecular flexibility index (Phi) is 39.1. The summed E-state index contributed by atoms with van der Waals surface area (Å²) in [5, 5.41) is 46.9. The third-order valence-electron chi connectivity index (χ3n) is 27.9. The molecule has 28 heteroatoms. The number of carboxylic acids is 4. The highest BCUT2D eigenvalue weighted by Crippen LogP contribution is 2.42. The summed E-state index contributed by atoms with van der Waals surface area (Å²) in [5.74, 6) is 1.64. The number of fused-ring (bicyclic) bond motifs is 4. The molecule has 4 saturated heterocycles. The van der Waals surface area contributed by atoms with Crippen molar-refractivity contribution >= 4 is 35.5 Å². The normalized spacial score (nSPS) is 20.9. The molecule has 6 fully saturated rings. The number of aromatic nitrogens is 4. The number of hydrogen-bond donors (Lipinski definition) is 6. The van der Waals surface area contributed by atoms with E-state index in [1.165, 1.54) is 72.2 Å². The second kappa shape index (κ2) is 52.6. The number of para-hydroxylation sites is 4. The van der Waals surface area contributed by atoms with Crippen LogP contribution in [-0.2, 0) is 102 Å². The first-order valence-corrected chi connectivity index (χ1v) is 52.2. The summed E-state index contributed by atoms with van der Waals surface area (Å²) in [6.45, 7) is 17.0. The van der Waals surface area contributed by atoms with E-state index in [1.807, 2.05) is 70.5 Å². The summed E-state index contributed by atoms with van der Waals surface area (Å²) < 4.78 is 77.5. The van der Waals surface area contributed by atoms with Crippen molar-refractivity contribution in [1.82, 2.24) is 39.5 Å². The smallest absolute Gasteiger partial charge is 0.325 e. The summed E-state index contributed by atoms with van der Waals surface area (Å²) in [5.41, 5.74) is 15.0. The zero-order valence-electron chi connectivity index (χ0n) is 82.5. The van der Waals surface area contributed by atoms with Crippen molar-refractivity contribution < 1.29 is 86.3 Å². The van der Waals surface area contributed by atoms with E-state index in [1.54, 1.807) is 46.2 Å². The molecule has 6 aliphatic heterocycles. The molecule has 18 rings (SSSR count). The highest BCUT2D eigenvalue weighted by atomic mass is 19.1. The number of carbonyl (C=O) groups is 4. The summed E-state index contributed by atoms with van der Waals surface area (Å²) in [7, 11) is 0. The maximum atomic E-state index is 14.8. The van der Waals surface area contributed by atoms with Gasteiger partial charge in [0.25, 0.3) is 0 Å². The maximum absolute atomic E-state index is 14.8. The van der Waals surface area contributed by atoms with Crippen LogP contribution < -0.4 is 29.6 Å². The average Bonchev–Trinajstić information content (AvgIpc) is 1.64. The molecule has 0 amide bonds. The number of rotatable bonds is 46. The van der Waals surface area contributed by atoms with Gasteiger partial charge >= 0.3 is 23.9 Å². The van der Waals surface area contributed by atoms with Crippen molar-refractivity contribution in [2.24, 2.45) is 11.8 Å². The van der Waals surface area contributed by atoms with Crippen LogP contribution in [0, 0.1) is 11.8 Å². The summed E-state index contributed by atoms with van der Waals surface area (Å²) in [6, 6.07) is 43.5. The molecule has 756 valence electrons. The molecule has 6 N–H and O–H groups in total. The number of nitrogens with one attached hydrogen (secondary N) is 2. The predicted octanol–water partition coefficient (Wildman–Crippen LogP) is 18.8.